The maximum atomic E-state index is 12.1. The van der Waals surface area contributed by atoms with Gasteiger partial charge in [0.1, 0.15) is 0 Å². The van der Waals surface area contributed by atoms with Crippen molar-refractivity contribution in [3.8, 4) is 0 Å². The van der Waals surface area contributed by atoms with Crippen LogP contribution in [0.15, 0.2) is 24.3 Å². The average molecular weight is 322 g/mol. The topological polar surface area (TPSA) is 95.9 Å². The van der Waals surface area contributed by atoms with Gasteiger partial charge in [0.05, 0.1) is 18.5 Å². The average Bonchev–Trinajstić information content (AvgIpc) is 2.52. The zero-order valence-corrected chi connectivity index (χ0v) is 13.4. The normalized spacial score (nSPS) is 10.2. The van der Waals surface area contributed by atoms with Crippen LogP contribution in [0.3, 0.4) is 0 Å². The van der Waals surface area contributed by atoms with E-state index in [-0.39, 0.29) is 30.3 Å². The molecule has 7 nitrogen and oxygen atoms in total. The molecule has 0 radical (unpaired) electrons. The standard InChI is InChI=1S/C16H22N2O5/c1-18(11-14(19)17-8-3-9-23-2)15(20)10-12-4-6-13(7-5-12)16(21)22/h4-7H,3,8-11H2,1-2H3,(H,17,19)(H,21,22). The van der Waals surface area contributed by atoms with Crippen molar-refractivity contribution in [1.29, 1.82) is 0 Å². The first-order chi connectivity index (χ1) is 10.9. The molecular formula is C16H22N2O5. The number of rotatable bonds is 9. The molecule has 1 rings (SSSR count). The molecule has 0 saturated carbocycles. The number of ether oxygens (including phenoxy) is 1. The van der Waals surface area contributed by atoms with Gasteiger partial charge < -0.3 is 20.1 Å². The van der Waals surface area contributed by atoms with E-state index < -0.39 is 5.97 Å². The van der Waals surface area contributed by atoms with Crippen molar-refractivity contribution in [2.24, 2.45) is 0 Å². The molecule has 0 aromatic heterocycles. The van der Waals surface area contributed by atoms with Gasteiger partial charge in [0.25, 0.3) is 0 Å². The van der Waals surface area contributed by atoms with Gasteiger partial charge in [-0.3, -0.25) is 9.59 Å². The van der Waals surface area contributed by atoms with Crippen LogP contribution in [0.4, 0.5) is 0 Å². The summed E-state index contributed by atoms with van der Waals surface area (Å²) in [7, 11) is 3.15. The number of nitrogens with zero attached hydrogens (tertiary/aromatic N) is 1. The number of nitrogens with one attached hydrogen (secondary N) is 1. The number of likely N-dealkylation sites (N-methyl/N-ethyl adjacent to an activating group) is 1. The fourth-order valence-electron chi connectivity index (χ4n) is 1.88. The number of carboxylic acid groups (broad SMARTS) is 1. The molecule has 7 heteroatoms. The molecule has 2 amide bonds. The van der Waals surface area contributed by atoms with Crippen molar-refractivity contribution >= 4 is 17.8 Å². The van der Waals surface area contributed by atoms with Crippen LogP contribution in [0.2, 0.25) is 0 Å². The van der Waals surface area contributed by atoms with Gasteiger partial charge in [-0.2, -0.15) is 0 Å². The first-order valence-corrected chi connectivity index (χ1v) is 7.26. The van der Waals surface area contributed by atoms with Crippen LogP contribution in [-0.2, 0) is 20.7 Å². The lowest BCUT2D eigenvalue weighted by atomic mass is 10.1. The maximum absolute atomic E-state index is 12.1. The Bertz CT molecular complexity index is 542. The first kappa shape index (κ1) is 18.6. The molecule has 0 bridgehead atoms. The second-order valence-electron chi connectivity index (χ2n) is 5.12. The van der Waals surface area contributed by atoms with E-state index in [2.05, 4.69) is 5.32 Å². The van der Waals surface area contributed by atoms with Crippen molar-refractivity contribution in [2.45, 2.75) is 12.8 Å². The zero-order chi connectivity index (χ0) is 17.2. The number of benzene rings is 1. The first-order valence-electron chi connectivity index (χ1n) is 7.26. The van der Waals surface area contributed by atoms with Crippen LogP contribution in [0, 0.1) is 0 Å². The van der Waals surface area contributed by atoms with E-state index in [9.17, 15) is 14.4 Å². The van der Waals surface area contributed by atoms with Gasteiger partial charge in [-0.1, -0.05) is 12.1 Å². The SMILES string of the molecule is COCCCNC(=O)CN(C)C(=O)Cc1ccc(C(=O)O)cc1. The van der Waals surface area contributed by atoms with E-state index in [0.29, 0.717) is 18.7 Å². The van der Waals surface area contributed by atoms with Gasteiger partial charge in [0.15, 0.2) is 0 Å². The summed E-state index contributed by atoms with van der Waals surface area (Å²) in [6, 6.07) is 6.10. The largest absolute Gasteiger partial charge is 0.478 e. The van der Waals surface area contributed by atoms with Gasteiger partial charge in [0.2, 0.25) is 11.8 Å². The van der Waals surface area contributed by atoms with E-state index in [4.69, 9.17) is 9.84 Å². The van der Waals surface area contributed by atoms with E-state index in [0.717, 1.165) is 6.42 Å². The number of carbonyl (C=O) groups excluding carboxylic acids is 2. The van der Waals surface area contributed by atoms with Crippen molar-refractivity contribution in [3.05, 3.63) is 35.4 Å². The minimum absolute atomic E-state index is 0.0149. The lowest BCUT2D eigenvalue weighted by molar-refractivity contribution is -0.134. The molecule has 0 fully saturated rings. The third-order valence-electron chi connectivity index (χ3n) is 3.21. The Morgan fingerprint density at radius 3 is 2.43 bits per heavy atom. The Morgan fingerprint density at radius 2 is 1.87 bits per heavy atom. The smallest absolute Gasteiger partial charge is 0.335 e. The molecule has 1 aromatic rings. The summed E-state index contributed by atoms with van der Waals surface area (Å²) in [5.74, 6) is -1.44. The maximum Gasteiger partial charge on any atom is 0.335 e. The Labute approximate surface area is 135 Å². The summed E-state index contributed by atoms with van der Waals surface area (Å²) in [4.78, 5) is 35.8. The lowest BCUT2D eigenvalue weighted by Gasteiger charge is -2.17. The summed E-state index contributed by atoms with van der Waals surface area (Å²) >= 11 is 0. The number of methoxy groups -OCH3 is 1. The summed E-state index contributed by atoms with van der Waals surface area (Å²) < 4.78 is 4.88. The van der Waals surface area contributed by atoms with E-state index in [1.54, 1.807) is 26.3 Å². The quantitative estimate of drug-likeness (QED) is 0.647. The second-order valence-corrected chi connectivity index (χ2v) is 5.12. The predicted molar refractivity (Wildman–Crippen MR) is 84.2 cm³/mol. The molecule has 0 unspecified atom stereocenters. The van der Waals surface area contributed by atoms with Gasteiger partial charge in [-0.15, -0.1) is 0 Å². The number of hydrogen-bond donors (Lipinski definition) is 2. The van der Waals surface area contributed by atoms with Crippen molar-refractivity contribution in [3.63, 3.8) is 0 Å². The van der Waals surface area contributed by atoms with E-state index in [1.165, 1.54) is 17.0 Å². The molecular weight excluding hydrogens is 300 g/mol. The molecule has 0 spiro atoms. The highest BCUT2D eigenvalue weighted by Gasteiger charge is 2.13. The van der Waals surface area contributed by atoms with Crippen LogP contribution in [-0.4, -0.2) is 61.6 Å². The molecule has 0 aliphatic carbocycles. The Balaban J connectivity index is 2.41. The van der Waals surface area contributed by atoms with Crippen LogP contribution >= 0.6 is 0 Å². The summed E-state index contributed by atoms with van der Waals surface area (Å²) in [5.41, 5.74) is 0.873. The number of hydrogen-bond acceptors (Lipinski definition) is 4. The van der Waals surface area contributed by atoms with Gasteiger partial charge in [0, 0.05) is 27.3 Å². The second kappa shape index (κ2) is 9.58. The van der Waals surface area contributed by atoms with E-state index >= 15 is 0 Å². The van der Waals surface area contributed by atoms with Crippen LogP contribution in [0.1, 0.15) is 22.3 Å². The monoisotopic (exact) mass is 322 g/mol. The number of aromatic carboxylic acids is 1. The van der Waals surface area contributed by atoms with Gasteiger partial charge >= 0.3 is 5.97 Å². The minimum Gasteiger partial charge on any atom is -0.478 e. The zero-order valence-electron chi connectivity index (χ0n) is 13.4. The summed E-state index contributed by atoms with van der Waals surface area (Å²) in [6.45, 7) is 1.06. The van der Waals surface area contributed by atoms with Gasteiger partial charge in [-0.25, -0.2) is 4.79 Å². The fraction of sp³-hybridized carbons (Fsp3) is 0.438. The van der Waals surface area contributed by atoms with Crippen molar-refractivity contribution in [2.75, 3.05) is 33.9 Å². The Hall–Kier alpha value is -2.41. The molecule has 1 aromatic carbocycles. The Kier molecular flexibility index (Phi) is 7.76. The van der Waals surface area contributed by atoms with Gasteiger partial charge in [-0.05, 0) is 24.1 Å². The van der Waals surface area contributed by atoms with E-state index in [1.807, 2.05) is 0 Å². The molecule has 2 N–H and O–H groups in total. The highest BCUT2D eigenvalue weighted by molar-refractivity contribution is 5.88. The van der Waals surface area contributed by atoms with Crippen LogP contribution < -0.4 is 5.32 Å². The summed E-state index contributed by atoms with van der Waals surface area (Å²) in [6.07, 6.45) is 0.836. The Morgan fingerprint density at radius 1 is 1.22 bits per heavy atom. The van der Waals surface area contributed by atoms with Crippen LogP contribution in [0.25, 0.3) is 0 Å². The predicted octanol–water partition coefficient (Wildman–Crippen LogP) is 0.538. The number of amides is 2. The van der Waals surface area contributed by atoms with Crippen molar-refractivity contribution in [1.82, 2.24) is 10.2 Å². The third-order valence-corrected chi connectivity index (χ3v) is 3.21. The number of carboxylic acids is 1. The molecule has 0 heterocycles. The highest BCUT2D eigenvalue weighted by Crippen LogP contribution is 2.06. The lowest BCUT2D eigenvalue weighted by Crippen LogP contribution is -2.39. The molecule has 0 aliphatic rings. The van der Waals surface area contributed by atoms with Crippen molar-refractivity contribution < 1.29 is 24.2 Å². The molecule has 126 valence electrons. The molecule has 0 saturated heterocycles. The highest BCUT2D eigenvalue weighted by atomic mass is 16.5. The molecule has 0 atom stereocenters. The summed E-state index contributed by atoms with van der Waals surface area (Å²) in [5, 5.41) is 11.5. The van der Waals surface area contributed by atoms with Crippen LogP contribution in [0.5, 0.6) is 0 Å². The molecule has 0 aliphatic heterocycles. The number of carbonyl (C=O) groups is 3. The fourth-order valence-corrected chi connectivity index (χ4v) is 1.88. The molecule has 23 heavy (non-hydrogen) atoms. The third kappa shape index (κ3) is 6.92. The minimum atomic E-state index is -1.01.